The highest BCUT2D eigenvalue weighted by Crippen LogP contribution is 2.39. The van der Waals surface area contributed by atoms with Crippen molar-refractivity contribution in [3.8, 4) is 0 Å². The van der Waals surface area contributed by atoms with E-state index in [9.17, 15) is 4.39 Å². The van der Waals surface area contributed by atoms with Crippen LogP contribution < -0.4 is 0 Å². The number of hydrogen-bond acceptors (Lipinski definition) is 2. The average molecular weight is 414 g/mol. The van der Waals surface area contributed by atoms with Gasteiger partial charge >= 0.3 is 0 Å². The molecule has 1 fully saturated rings. The van der Waals surface area contributed by atoms with Crippen molar-refractivity contribution >= 4 is 8.32 Å². The van der Waals surface area contributed by atoms with Gasteiger partial charge in [0.2, 0.25) is 0 Å². The van der Waals surface area contributed by atoms with E-state index >= 15 is 0 Å². The van der Waals surface area contributed by atoms with Crippen molar-refractivity contribution in [2.45, 2.75) is 57.8 Å². The Labute approximate surface area is 177 Å². The molecule has 0 bridgehead atoms. The Bertz CT molecular complexity index is 770. The molecule has 1 aliphatic rings. The Balaban J connectivity index is 1.74. The highest BCUT2D eigenvalue weighted by atomic mass is 28.4. The first-order valence-electron chi connectivity index (χ1n) is 10.8. The van der Waals surface area contributed by atoms with Gasteiger partial charge in [-0.2, -0.15) is 0 Å². The Morgan fingerprint density at radius 2 is 1.69 bits per heavy atom. The van der Waals surface area contributed by atoms with Crippen LogP contribution in [-0.2, 0) is 11.0 Å². The number of nitrogens with zero attached hydrogens (tertiary/aromatic N) is 1. The van der Waals surface area contributed by atoms with Crippen LogP contribution in [0.15, 0.2) is 54.6 Å². The zero-order valence-electron chi connectivity index (χ0n) is 18.6. The largest absolute Gasteiger partial charge is 0.416 e. The second-order valence-electron chi connectivity index (χ2n) is 10.00. The number of halogens is 1. The summed E-state index contributed by atoms with van der Waals surface area (Å²) >= 11 is 0. The predicted molar refractivity (Wildman–Crippen MR) is 122 cm³/mol. The maximum absolute atomic E-state index is 13.5. The molecule has 2 aromatic rings. The fourth-order valence-corrected chi connectivity index (χ4v) is 5.01. The van der Waals surface area contributed by atoms with Crippen molar-refractivity contribution in [2.24, 2.45) is 5.92 Å². The lowest BCUT2D eigenvalue weighted by Crippen LogP contribution is -2.46. The highest BCUT2D eigenvalue weighted by Gasteiger charge is 2.39. The van der Waals surface area contributed by atoms with Gasteiger partial charge < -0.3 is 4.43 Å². The van der Waals surface area contributed by atoms with Gasteiger partial charge in [-0.3, -0.25) is 4.90 Å². The number of piperidine rings is 1. The zero-order chi connectivity index (χ0) is 21.1. The Morgan fingerprint density at radius 3 is 2.31 bits per heavy atom. The van der Waals surface area contributed by atoms with Crippen LogP contribution in [0.2, 0.25) is 18.1 Å². The summed E-state index contributed by atoms with van der Waals surface area (Å²) < 4.78 is 20.1. The van der Waals surface area contributed by atoms with E-state index in [0.29, 0.717) is 11.8 Å². The Morgan fingerprint density at radius 1 is 1.03 bits per heavy atom. The van der Waals surface area contributed by atoms with E-state index in [1.165, 1.54) is 11.1 Å². The molecule has 0 spiro atoms. The minimum Gasteiger partial charge on any atom is -0.416 e. The first kappa shape index (κ1) is 22.2. The molecule has 158 valence electrons. The van der Waals surface area contributed by atoms with Crippen molar-refractivity contribution in [2.75, 3.05) is 19.7 Å². The molecule has 4 heteroatoms. The molecular formula is C25H36FNOSi. The maximum Gasteiger partial charge on any atom is 0.191 e. The number of likely N-dealkylation sites (tertiary alicyclic amines) is 1. The quantitative estimate of drug-likeness (QED) is 0.504. The maximum atomic E-state index is 13.5. The van der Waals surface area contributed by atoms with E-state index in [4.69, 9.17) is 4.43 Å². The van der Waals surface area contributed by atoms with E-state index in [-0.39, 0.29) is 10.9 Å². The molecule has 0 radical (unpaired) electrons. The summed E-state index contributed by atoms with van der Waals surface area (Å²) in [5.41, 5.74) is 2.60. The van der Waals surface area contributed by atoms with Crippen LogP contribution in [0.1, 0.15) is 44.2 Å². The van der Waals surface area contributed by atoms with E-state index in [0.717, 1.165) is 32.7 Å². The molecule has 0 aliphatic carbocycles. The van der Waals surface area contributed by atoms with Crippen molar-refractivity contribution < 1.29 is 8.82 Å². The molecule has 0 unspecified atom stereocenters. The third kappa shape index (κ3) is 5.77. The molecule has 1 saturated heterocycles. The number of rotatable bonds is 6. The Kier molecular flexibility index (Phi) is 6.97. The normalized spacial score (nSPS) is 21.3. The Hall–Kier alpha value is -1.49. The summed E-state index contributed by atoms with van der Waals surface area (Å²) in [6.07, 6.45) is 1.09. The monoisotopic (exact) mass is 413 g/mol. The standard InChI is InChI=1S/C25H36FNOSi/c1-25(2,3)29(4,5)28-19-22-18-27(17-20-9-7-6-8-10-20)16-15-24(22)21-11-13-23(26)14-12-21/h6-14,22,24H,15-19H2,1-5H3/t22-,24-/m0/s1. The fraction of sp³-hybridized carbons (Fsp3) is 0.520. The van der Waals surface area contributed by atoms with E-state index in [1.807, 2.05) is 12.1 Å². The van der Waals surface area contributed by atoms with Crippen molar-refractivity contribution in [3.05, 3.63) is 71.5 Å². The van der Waals surface area contributed by atoms with Gasteiger partial charge in [0.15, 0.2) is 8.32 Å². The van der Waals surface area contributed by atoms with Crippen LogP contribution >= 0.6 is 0 Å². The molecule has 3 rings (SSSR count). The van der Waals surface area contributed by atoms with Gasteiger partial charge in [-0.15, -0.1) is 0 Å². The van der Waals surface area contributed by atoms with Crippen LogP contribution in [0.4, 0.5) is 4.39 Å². The van der Waals surface area contributed by atoms with E-state index < -0.39 is 8.32 Å². The van der Waals surface area contributed by atoms with Crippen LogP contribution in [0.5, 0.6) is 0 Å². The SMILES string of the molecule is CC(C)(C)[Si](C)(C)OC[C@@H]1CN(Cc2ccccc2)CC[C@H]1c1ccc(F)cc1. The van der Waals surface area contributed by atoms with Crippen LogP contribution in [0.3, 0.4) is 0 Å². The summed E-state index contributed by atoms with van der Waals surface area (Å²) in [7, 11) is -1.80. The topological polar surface area (TPSA) is 12.5 Å². The summed E-state index contributed by atoms with van der Waals surface area (Å²) in [6.45, 7) is 15.4. The highest BCUT2D eigenvalue weighted by molar-refractivity contribution is 6.74. The first-order valence-corrected chi connectivity index (χ1v) is 13.7. The van der Waals surface area contributed by atoms with Gasteiger partial charge in [-0.1, -0.05) is 63.2 Å². The number of benzene rings is 2. The van der Waals surface area contributed by atoms with E-state index in [2.05, 4.69) is 69.1 Å². The summed E-state index contributed by atoms with van der Waals surface area (Å²) in [6, 6.07) is 17.8. The number of hydrogen-bond donors (Lipinski definition) is 0. The van der Waals surface area contributed by atoms with Crippen LogP contribution in [-0.4, -0.2) is 32.9 Å². The average Bonchev–Trinajstić information content (AvgIpc) is 2.67. The van der Waals surface area contributed by atoms with Gasteiger partial charge in [-0.25, -0.2) is 4.39 Å². The molecule has 0 amide bonds. The lowest BCUT2D eigenvalue weighted by atomic mass is 9.81. The van der Waals surface area contributed by atoms with Crippen molar-refractivity contribution in [3.63, 3.8) is 0 Å². The third-order valence-corrected chi connectivity index (χ3v) is 11.3. The second kappa shape index (κ2) is 9.11. The summed E-state index contributed by atoms with van der Waals surface area (Å²) in [4.78, 5) is 2.55. The predicted octanol–water partition coefficient (Wildman–Crippen LogP) is 6.45. The minimum atomic E-state index is -1.80. The molecular weight excluding hydrogens is 377 g/mol. The zero-order valence-corrected chi connectivity index (χ0v) is 19.6. The molecule has 0 N–H and O–H groups in total. The molecule has 2 nitrogen and oxygen atoms in total. The third-order valence-electron chi connectivity index (χ3n) is 6.83. The van der Waals surface area contributed by atoms with Crippen molar-refractivity contribution in [1.82, 2.24) is 4.90 Å². The van der Waals surface area contributed by atoms with Gasteiger partial charge in [0.1, 0.15) is 5.82 Å². The van der Waals surface area contributed by atoms with Crippen LogP contribution in [0.25, 0.3) is 0 Å². The van der Waals surface area contributed by atoms with Crippen LogP contribution in [0, 0.1) is 11.7 Å². The molecule has 0 saturated carbocycles. The van der Waals surface area contributed by atoms with Gasteiger partial charge in [0.05, 0.1) is 0 Å². The first-order chi connectivity index (χ1) is 13.7. The molecule has 2 aromatic carbocycles. The lowest BCUT2D eigenvalue weighted by Gasteiger charge is -2.42. The van der Waals surface area contributed by atoms with Crippen molar-refractivity contribution in [1.29, 1.82) is 0 Å². The fourth-order valence-electron chi connectivity index (χ4n) is 3.94. The van der Waals surface area contributed by atoms with Gasteiger partial charge in [0, 0.05) is 25.6 Å². The lowest BCUT2D eigenvalue weighted by molar-refractivity contribution is 0.101. The smallest absolute Gasteiger partial charge is 0.191 e. The second-order valence-corrected chi connectivity index (χ2v) is 14.8. The molecule has 1 aliphatic heterocycles. The molecule has 0 aromatic heterocycles. The molecule has 2 atom stereocenters. The summed E-state index contributed by atoms with van der Waals surface area (Å²) in [5.74, 6) is 0.684. The van der Waals surface area contributed by atoms with E-state index in [1.54, 1.807) is 12.1 Å². The van der Waals surface area contributed by atoms with Gasteiger partial charge in [-0.05, 0) is 60.3 Å². The van der Waals surface area contributed by atoms with Gasteiger partial charge in [0.25, 0.3) is 0 Å². The molecule has 1 heterocycles. The molecule has 29 heavy (non-hydrogen) atoms. The minimum absolute atomic E-state index is 0.163. The summed E-state index contributed by atoms with van der Waals surface area (Å²) in [5, 5.41) is 0.205.